The summed E-state index contributed by atoms with van der Waals surface area (Å²) in [5.74, 6) is -3.88. The number of carboxylic acid groups (broad SMARTS) is 1. The van der Waals surface area contributed by atoms with Crippen LogP contribution in [-0.4, -0.2) is 77.8 Å². The predicted octanol–water partition coefficient (Wildman–Crippen LogP) is -5.16. The van der Waals surface area contributed by atoms with Crippen LogP contribution in [0.15, 0.2) is 4.99 Å². The van der Waals surface area contributed by atoms with Crippen LogP contribution < -0.4 is 38.9 Å². The number of carboxylic acids is 1. The summed E-state index contributed by atoms with van der Waals surface area (Å²) >= 11 is 0. The number of carbonyl (C=O) groups excluding carboxylic acids is 3. The standard InChI is InChI=1S/C14H28N8O6/c15-5-9(23)21-7(2-1-3-19-14(17)18)13(28)20-6-10(24)22-8(12(16)27)4-11(25)26/h7-9,21,23H,1-6,15H2,(H2,16,27)(H,20,28)(H,22,24)(H,25,26)(H4,17,18,19). The van der Waals surface area contributed by atoms with Crippen molar-refractivity contribution in [1.29, 1.82) is 0 Å². The fourth-order valence-electron chi connectivity index (χ4n) is 2.03. The summed E-state index contributed by atoms with van der Waals surface area (Å²) in [4.78, 5) is 49.6. The second-order valence-electron chi connectivity index (χ2n) is 5.76. The molecule has 0 spiro atoms. The number of guanidine groups is 1. The molecule has 0 saturated carbocycles. The molecular weight excluding hydrogens is 376 g/mol. The summed E-state index contributed by atoms with van der Waals surface area (Å²) in [5, 5.41) is 25.3. The Morgan fingerprint density at radius 1 is 1.07 bits per heavy atom. The van der Waals surface area contributed by atoms with Crippen molar-refractivity contribution >= 4 is 29.7 Å². The molecule has 0 heterocycles. The Kier molecular flexibility index (Phi) is 11.8. The van der Waals surface area contributed by atoms with Crippen molar-refractivity contribution in [2.75, 3.05) is 19.6 Å². The van der Waals surface area contributed by atoms with Crippen molar-refractivity contribution in [2.45, 2.75) is 37.6 Å². The summed E-state index contributed by atoms with van der Waals surface area (Å²) in [5.41, 5.74) is 20.7. The molecule has 14 heteroatoms. The lowest BCUT2D eigenvalue weighted by Crippen LogP contribution is -2.53. The van der Waals surface area contributed by atoms with E-state index in [1.54, 1.807) is 0 Å². The number of aliphatic imine (C=N–C) groups is 1. The van der Waals surface area contributed by atoms with Crippen LogP contribution in [0.25, 0.3) is 0 Å². The number of nitrogens with one attached hydrogen (secondary N) is 3. The lowest BCUT2D eigenvalue weighted by atomic mass is 10.1. The fraction of sp³-hybridized carbons (Fsp3) is 0.643. The Morgan fingerprint density at radius 3 is 2.21 bits per heavy atom. The third kappa shape index (κ3) is 11.6. The molecule has 0 aliphatic carbocycles. The highest BCUT2D eigenvalue weighted by molar-refractivity contribution is 5.92. The van der Waals surface area contributed by atoms with Crippen molar-refractivity contribution < 1.29 is 29.4 Å². The summed E-state index contributed by atoms with van der Waals surface area (Å²) in [6.45, 7) is -0.427. The SMILES string of the molecule is NCC(O)NC(CCCN=C(N)N)C(=O)NCC(=O)NC(CC(=O)O)C(N)=O. The largest absolute Gasteiger partial charge is 0.481 e. The normalized spacial score (nSPS) is 13.6. The molecule has 0 aromatic carbocycles. The molecule has 0 aliphatic heterocycles. The van der Waals surface area contributed by atoms with Gasteiger partial charge in [0, 0.05) is 13.1 Å². The van der Waals surface area contributed by atoms with Gasteiger partial charge in [0.1, 0.15) is 12.3 Å². The lowest BCUT2D eigenvalue weighted by Gasteiger charge is -2.21. The first-order valence-electron chi connectivity index (χ1n) is 8.34. The number of nitrogens with two attached hydrogens (primary N) is 4. The first-order chi connectivity index (χ1) is 13.1. The summed E-state index contributed by atoms with van der Waals surface area (Å²) in [6.07, 6.45) is -1.21. The predicted molar refractivity (Wildman–Crippen MR) is 98.3 cm³/mol. The number of hydrogen-bond donors (Lipinski definition) is 9. The number of hydrogen-bond acceptors (Lipinski definition) is 8. The van der Waals surface area contributed by atoms with E-state index in [2.05, 4.69) is 20.9 Å². The van der Waals surface area contributed by atoms with Crippen molar-refractivity contribution in [1.82, 2.24) is 16.0 Å². The molecule has 0 aromatic rings. The van der Waals surface area contributed by atoms with Gasteiger partial charge in [0.15, 0.2) is 5.96 Å². The zero-order chi connectivity index (χ0) is 21.7. The zero-order valence-corrected chi connectivity index (χ0v) is 15.3. The molecule has 3 atom stereocenters. The molecule has 0 rings (SSSR count). The maximum Gasteiger partial charge on any atom is 0.305 e. The van der Waals surface area contributed by atoms with E-state index in [-0.39, 0.29) is 25.5 Å². The van der Waals surface area contributed by atoms with Crippen LogP contribution in [0.1, 0.15) is 19.3 Å². The van der Waals surface area contributed by atoms with Crippen LogP contribution in [0.2, 0.25) is 0 Å². The first-order valence-corrected chi connectivity index (χ1v) is 8.34. The molecule has 3 amide bonds. The third-order valence-corrected chi connectivity index (χ3v) is 3.36. The molecule has 0 radical (unpaired) electrons. The van der Waals surface area contributed by atoms with Gasteiger partial charge in [0.25, 0.3) is 0 Å². The number of amides is 3. The molecule has 0 aromatic heterocycles. The van der Waals surface area contributed by atoms with E-state index in [4.69, 9.17) is 28.0 Å². The van der Waals surface area contributed by atoms with E-state index in [0.29, 0.717) is 6.42 Å². The van der Waals surface area contributed by atoms with Crippen LogP contribution in [0.3, 0.4) is 0 Å². The van der Waals surface area contributed by atoms with E-state index in [9.17, 15) is 24.3 Å². The van der Waals surface area contributed by atoms with Crippen LogP contribution in [-0.2, 0) is 19.2 Å². The molecule has 13 N–H and O–H groups in total. The summed E-state index contributed by atoms with van der Waals surface area (Å²) in [7, 11) is 0. The van der Waals surface area contributed by atoms with E-state index in [1.165, 1.54) is 0 Å². The summed E-state index contributed by atoms with van der Waals surface area (Å²) < 4.78 is 0. The number of primary amides is 1. The van der Waals surface area contributed by atoms with Gasteiger partial charge in [-0.2, -0.15) is 0 Å². The maximum absolute atomic E-state index is 12.2. The third-order valence-electron chi connectivity index (χ3n) is 3.36. The van der Waals surface area contributed by atoms with E-state index < -0.39 is 55.0 Å². The Morgan fingerprint density at radius 2 is 1.71 bits per heavy atom. The Labute approximate surface area is 161 Å². The van der Waals surface area contributed by atoms with Gasteiger partial charge in [-0.1, -0.05) is 0 Å². The minimum absolute atomic E-state index is 0.0991. The van der Waals surface area contributed by atoms with E-state index >= 15 is 0 Å². The van der Waals surface area contributed by atoms with E-state index in [0.717, 1.165) is 0 Å². The van der Waals surface area contributed by atoms with Gasteiger partial charge in [-0.05, 0) is 12.8 Å². The molecule has 160 valence electrons. The molecule has 14 nitrogen and oxygen atoms in total. The van der Waals surface area contributed by atoms with Crippen molar-refractivity contribution in [3.05, 3.63) is 0 Å². The Hall–Kier alpha value is -2.97. The highest BCUT2D eigenvalue weighted by Crippen LogP contribution is 2.00. The van der Waals surface area contributed by atoms with Gasteiger partial charge in [-0.3, -0.25) is 29.5 Å². The Balaban J connectivity index is 4.68. The zero-order valence-electron chi connectivity index (χ0n) is 15.3. The van der Waals surface area contributed by atoms with Crippen LogP contribution in [0, 0.1) is 0 Å². The number of aliphatic hydroxyl groups excluding tert-OH is 1. The molecule has 28 heavy (non-hydrogen) atoms. The van der Waals surface area contributed by atoms with Crippen molar-refractivity contribution in [2.24, 2.45) is 27.9 Å². The first kappa shape index (κ1) is 25.0. The van der Waals surface area contributed by atoms with Crippen LogP contribution in [0.5, 0.6) is 0 Å². The highest BCUT2D eigenvalue weighted by Gasteiger charge is 2.23. The molecule has 0 saturated heterocycles. The second-order valence-corrected chi connectivity index (χ2v) is 5.76. The smallest absolute Gasteiger partial charge is 0.305 e. The quantitative estimate of drug-likeness (QED) is 0.0575. The minimum Gasteiger partial charge on any atom is -0.481 e. The van der Waals surface area contributed by atoms with Crippen molar-refractivity contribution in [3.63, 3.8) is 0 Å². The van der Waals surface area contributed by atoms with Gasteiger partial charge in [0.05, 0.1) is 19.0 Å². The van der Waals surface area contributed by atoms with Gasteiger partial charge in [-0.25, -0.2) is 0 Å². The number of aliphatic hydroxyl groups is 1. The maximum atomic E-state index is 12.2. The number of rotatable bonds is 14. The van der Waals surface area contributed by atoms with Gasteiger partial charge >= 0.3 is 5.97 Å². The molecule has 0 aliphatic rings. The average molecular weight is 404 g/mol. The highest BCUT2D eigenvalue weighted by atomic mass is 16.4. The second kappa shape index (κ2) is 13.2. The Bertz CT molecular complexity index is 580. The number of aliphatic carboxylic acids is 1. The molecule has 0 bridgehead atoms. The van der Waals surface area contributed by atoms with Crippen molar-refractivity contribution in [3.8, 4) is 0 Å². The number of nitrogens with zero attached hydrogens (tertiary/aromatic N) is 1. The molecular formula is C14H28N8O6. The average Bonchev–Trinajstić information content (AvgIpc) is 2.60. The molecule has 0 fully saturated rings. The number of carbonyl (C=O) groups is 4. The van der Waals surface area contributed by atoms with E-state index in [1.807, 2.05) is 0 Å². The fourth-order valence-corrected chi connectivity index (χ4v) is 2.03. The minimum atomic E-state index is -1.41. The summed E-state index contributed by atoms with van der Waals surface area (Å²) in [6, 6.07) is -2.30. The van der Waals surface area contributed by atoms with Gasteiger partial charge < -0.3 is 43.8 Å². The van der Waals surface area contributed by atoms with Crippen LogP contribution in [0.4, 0.5) is 0 Å². The van der Waals surface area contributed by atoms with Gasteiger partial charge in [-0.15, -0.1) is 0 Å². The van der Waals surface area contributed by atoms with Gasteiger partial charge in [0.2, 0.25) is 17.7 Å². The molecule has 3 unspecified atom stereocenters. The topological polar surface area (TPSA) is 261 Å². The van der Waals surface area contributed by atoms with Crippen LogP contribution >= 0.6 is 0 Å². The lowest BCUT2D eigenvalue weighted by molar-refractivity contribution is -0.140. The monoisotopic (exact) mass is 404 g/mol.